The third-order valence-electron chi connectivity index (χ3n) is 4.38. The SMILES string of the molecule is O=C(NC1CC1)c1ccc(N2CCc3ccccc3C2)nc1. The van der Waals surface area contributed by atoms with Crippen molar-refractivity contribution in [1.82, 2.24) is 10.3 Å². The number of nitrogens with zero attached hydrogens (tertiary/aromatic N) is 2. The van der Waals surface area contributed by atoms with Crippen molar-refractivity contribution >= 4 is 11.7 Å². The number of rotatable bonds is 3. The Morgan fingerprint density at radius 2 is 1.95 bits per heavy atom. The molecule has 1 fully saturated rings. The molecule has 1 N–H and O–H groups in total. The number of nitrogens with one attached hydrogen (secondary N) is 1. The Labute approximate surface area is 130 Å². The van der Waals surface area contributed by atoms with Crippen molar-refractivity contribution in [1.29, 1.82) is 0 Å². The van der Waals surface area contributed by atoms with Crippen LogP contribution < -0.4 is 10.2 Å². The number of anilines is 1. The average Bonchev–Trinajstić information content (AvgIpc) is 3.38. The first kappa shape index (κ1) is 13.3. The predicted octanol–water partition coefficient (Wildman–Crippen LogP) is 2.54. The summed E-state index contributed by atoms with van der Waals surface area (Å²) in [6.45, 7) is 1.86. The minimum Gasteiger partial charge on any atom is -0.352 e. The average molecular weight is 293 g/mol. The lowest BCUT2D eigenvalue weighted by atomic mass is 10.00. The van der Waals surface area contributed by atoms with E-state index in [2.05, 4.69) is 39.5 Å². The molecule has 1 aliphatic heterocycles. The monoisotopic (exact) mass is 293 g/mol. The van der Waals surface area contributed by atoms with E-state index >= 15 is 0 Å². The van der Waals surface area contributed by atoms with Gasteiger partial charge in [-0.1, -0.05) is 24.3 Å². The smallest absolute Gasteiger partial charge is 0.253 e. The summed E-state index contributed by atoms with van der Waals surface area (Å²) in [6.07, 6.45) is 4.93. The Kier molecular flexibility index (Phi) is 3.29. The minimum absolute atomic E-state index is 0.00876. The number of carbonyl (C=O) groups excluding carboxylic acids is 1. The quantitative estimate of drug-likeness (QED) is 0.946. The first-order valence-electron chi connectivity index (χ1n) is 7.88. The molecule has 4 heteroatoms. The lowest BCUT2D eigenvalue weighted by Gasteiger charge is -2.29. The Hall–Kier alpha value is -2.36. The first-order valence-corrected chi connectivity index (χ1v) is 7.88. The van der Waals surface area contributed by atoms with Crippen LogP contribution in [0.3, 0.4) is 0 Å². The predicted molar refractivity (Wildman–Crippen MR) is 85.9 cm³/mol. The summed E-state index contributed by atoms with van der Waals surface area (Å²) in [7, 11) is 0. The maximum atomic E-state index is 12.0. The summed E-state index contributed by atoms with van der Waals surface area (Å²) in [5.74, 6) is 0.933. The maximum absolute atomic E-state index is 12.0. The van der Waals surface area contributed by atoms with Crippen molar-refractivity contribution in [2.24, 2.45) is 0 Å². The van der Waals surface area contributed by atoms with E-state index in [0.29, 0.717) is 11.6 Å². The molecule has 1 saturated carbocycles. The van der Waals surface area contributed by atoms with E-state index < -0.39 is 0 Å². The minimum atomic E-state index is -0.00876. The molecule has 2 heterocycles. The number of pyridine rings is 1. The molecule has 2 aromatic rings. The van der Waals surface area contributed by atoms with Gasteiger partial charge in [0.25, 0.3) is 5.91 Å². The van der Waals surface area contributed by atoms with E-state index in [9.17, 15) is 4.79 Å². The van der Waals surface area contributed by atoms with Crippen LogP contribution >= 0.6 is 0 Å². The lowest BCUT2D eigenvalue weighted by molar-refractivity contribution is 0.0950. The van der Waals surface area contributed by atoms with E-state index in [1.807, 2.05) is 12.1 Å². The zero-order chi connectivity index (χ0) is 14.9. The van der Waals surface area contributed by atoms with E-state index in [4.69, 9.17) is 0 Å². The standard InChI is InChI=1S/C18H19N3O/c22-18(20-16-6-7-16)14-5-8-17(19-11-14)21-10-9-13-3-1-2-4-15(13)12-21/h1-5,8,11,16H,6-7,9-10,12H2,(H,20,22). The number of carbonyl (C=O) groups is 1. The van der Waals surface area contributed by atoms with E-state index in [0.717, 1.165) is 38.2 Å². The molecule has 1 aromatic carbocycles. The summed E-state index contributed by atoms with van der Waals surface area (Å²) in [5.41, 5.74) is 3.44. The Bertz CT molecular complexity index is 692. The van der Waals surface area contributed by atoms with Crippen LogP contribution in [0.4, 0.5) is 5.82 Å². The van der Waals surface area contributed by atoms with Gasteiger partial charge in [0.15, 0.2) is 0 Å². The Morgan fingerprint density at radius 3 is 2.68 bits per heavy atom. The molecule has 1 amide bonds. The van der Waals surface area contributed by atoms with Gasteiger partial charge in [-0.25, -0.2) is 4.98 Å². The van der Waals surface area contributed by atoms with Crippen LogP contribution in [0.1, 0.15) is 34.3 Å². The van der Waals surface area contributed by atoms with Crippen LogP contribution in [0.2, 0.25) is 0 Å². The molecule has 0 bridgehead atoms. The largest absolute Gasteiger partial charge is 0.352 e. The number of fused-ring (bicyclic) bond motifs is 1. The van der Waals surface area contributed by atoms with Gasteiger partial charge >= 0.3 is 0 Å². The topological polar surface area (TPSA) is 45.2 Å². The molecule has 0 spiro atoms. The van der Waals surface area contributed by atoms with Gasteiger partial charge in [0, 0.05) is 25.3 Å². The van der Waals surface area contributed by atoms with Gasteiger partial charge in [-0.3, -0.25) is 4.79 Å². The number of aromatic nitrogens is 1. The molecule has 4 rings (SSSR count). The van der Waals surface area contributed by atoms with Gasteiger partial charge in [-0.2, -0.15) is 0 Å². The zero-order valence-electron chi connectivity index (χ0n) is 12.5. The third-order valence-corrected chi connectivity index (χ3v) is 4.38. The van der Waals surface area contributed by atoms with Crippen molar-refractivity contribution in [2.45, 2.75) is 31.8 Å². The second-order valence-corrected chi connectivity index (χ2v) is 6.09. The van der Waals surface area contributed by atoms with Gasteiger partial charge < -0.3 is 10.2 Å². The van der Waals surface area contributed by atoms with Crippen LogP contribution in [0.15, 0.2) is 42.6 Å². The Balaban J connectivity index is 1.48. The van der Waals surface area contributed by atoms with E-state index in [1.165, 1.54) is 11.1 Å². The molecule has 112 valence electrons. The van der Waals surface area contributed by atoms with Gasteiger partial charge in [-0.15, -0.1) is 0 Å². The van der Waals surface area contributed by atoms with Crippen LogP contribution in [-0.2, 0) is 13.0 Å². The summed E-state index contributed by atoms with van der Waals surface area (Å²) >= 11 is 0. The van der Waals surface area contributed by atoms with Crippen LogP contribution in [0, 0.1) is 0 Å². The number of hydrogen-bond acceptors (Lipinski definition) is 3. The van der Waals surface area contributed by atoms with Crippen molar-refractivity contribution in [3.8, 4) is 0 Å². The van der Waals surface area contributed by atoms with Crippen molar-refractivity contribution in [2.75, 3.05) is 11.4 Å². The molecular weight excluding hydrogens is 274 g/mol. The summed E-state index contributed by atoms with van der Waals surface area (Å²) in [6, 6.07) is 12.8. The molecule has 22 heavy (non-hydrogen) atoms. The highest BCUT2D eigenvalue weighted by Gasteiger charge is 2.24. The number of benzene rings is 1. The highest BCUT2D eigenvalue weighted by atomic mass is 16.1. The second kappa shape index (κ2) is 5.44. The van der Waals surface area contributed by atoms with Crippen molar-refractivity contribution in [3.05, 3.63) is 59.3 Å². The van der Waals surface area contributed by atoms with Gasteiger partial charge in [0.1, 0.15) is 5.82 Å². The third kappa shape index (κ3) is 2.69. The number of hydrogen-bond donors (Lipinski definition) is 1. The zero-order valence-corrected chi connectivity index (χ0v) is 12.5. The fraction of sp³-hybridized carbons (Fsp3) is 0.333. The van der Waals surface area contributed by atoms with Gasteiger partial charge in [0.05, 0.1) is 5.56 Å². The second-order valence-electron chi connectivity index (χ2n) is 6.09. The van der Waals surface area contributed by atoms with Gasteiger partial charge in [0.2, 0.25) is 0 Å². The fourth-order valence-electron chi connectivity index (χ4n) is 2.90. The molecule has 1 aliphatic carbocycles. The van der Waals surface area contributed by atoms with E-state index in [1.54, 1.807) is 6.20 Å². The van der Waals surface area contributed by atoms with Crippen LogP contribution in [0.5, 0.6) is 0 Å². The highest BCUT2D eigenvalue weighted by molar-refractivity contribution is 5.94. The first-order chi connectivity index (χ1) is 10.8. The molecule has 0 saturated heterocycles. The Morgan fingerprint density at radius 1 is 1.14 bits per heavy atom. The molecule has 4 nitrogen and oxygen atoms in total. The number of amides is 1. The molecule has 1 aromatic heterocycles. The summed E-state index contributed by atoms with van der Waals surface area (Å²) in [5, 5.41) is 2.99. The molecular formula is C18H19N3O. The van der Waals surface area contributed by atoms with Crippen LogP contribution in [-0.4, -0.2) is 23.5 Å². The van der Waals surface area contributed by atoms with Gasteiger partial charge in [-0.05, 0) is 42.5 Å². The van der Waals surface area contributed by atoms with Crippen molar-refractivity contribution in [3.63, 3.8) is 0 Å². The molecule has 0 atom stereocenters. The summed E-state index contributed by atoms with van der Waals surface area (Å²) in [4.78, 5) is 18.7. The molecule has 2 aliphatic rings. The normalized spacial score (nSPS) is 17.0. The molecule has 0 unspecified atom stereocenters. The highest BCUT2D eigenvalue weighted by Crippen LogP contribution is 2.23. The summed E-state index contributed by atoms with van der Waals surface area (Å²) < 4.78 is 0. The lowest BCUT2D eigenvalue weighted by Crippen LogP contribution is -2.31. The van der Waals surface area contributed by atoms with Crippen LogP contribution in [0.25, 0.3) is 0 Å². The van der Waals surface area contributed by atoms with Crippen molar-refractivity contribution < 1.29 is 4.79 Å². The van der Waals surface area contributed by atoms with E-state index in [-0.39, 0.29) is 5.91 Å². The maximum Gasteiger partial charge on any atom is 0.253 e. The molecule has 0 radical (unpaired) electrons. The fourth-order valence-corrected chi connectivity index (χ4v) is 2.90.